The lowest BCUT2D eigenvalue weighted by Gasteiger charge is -2.23. The first kappa shape index (κ1) is 17.3. The first-order valence-electron chi connectivity index (χ1n) is 8.19. The van der Waals surface area contributed by atoms with Gasteiger partial charge in [0.25, 0.3) is 10.0 Å². The molecule has 3 aromatic heterocycles. The summed E-state index contributed by atoms with van der Waals surface area (Å²) in [6.45, 7) is 2.40. The summed E-state index contributed by atoms with van der Waals surface area (Å²) in [6, 6.07) is 11.2. The van der Waals surface area contributed by atoms with Crippen molar-refractivity contribution in [3.63, 3.8) is 0 Å². The van der Waals surface area contributed by atoms with Crippen LogP contribution in [0.15, 0.2) is 57.6 Å². The summed E-state index contributed by atoms with van der Waals surface area (Å²) >= 11 is 2.79. The van der Waals surface area contributed by atoms with E-state index in [0.717, 1.165) is 28.0 Å². The molecule has 1 aromatic carbocycles. The molecule has 8 heteroatoms. The molecule has 0 amide bonds. The Morgan fingerprint density at radius 2 is 2.04 bits per heavy atom. The molecule has 0 aliphatic rings. The van der Waals surface area contributed by atoms with E-state index in [0.29, 0.717) is 16.4 Å². The molecular formula is C18H17N3O2S3. The zero-order valence-electron chi connectivity index (χ0n) is 14.0. The van der Waals surface area contributed by atoms with Gasteiger partial charge in [-0.2, -0.15) is 0 Å². The van der Waals surface area contributed by atoms with Crippen LogP contribution in [-0.2, 0) is 10.0 Å². The molecule has 0 radical (unpaired) electrons. The second kappa shape index (κ2) is 6.86. The molecule has 134 valence electrons. The Balaban J connectivity index is 1.88. The van der Waals surface area contributed by atoms with Crippen LogP contribution in [0.5, 0.6) is 0 Å². The quantitative estimate of drug-likeness (QED) is 0.495. The van der Waals surface area contributed by atoms with Gasteiger partial charge in [-0.3, -0.25) is 4.31 Å². The summed E-state index contributed by atoms with van der Waals surface area (Å²) in [5.74, 6) is 0. The molecule has 0 fully saturated rings. The average molecular weight is 404 g/mol. The molecular weight excluding hydrogens is 386 g/mol. The van der Waals surface area contributed by atoms with Gasteiger partial charge >= 0.3 is 0 Å². The molecule has 4 aromatic rings. The van der Waals surface area contributed by atoms with Gasteiger partial charge in [0.05, 0.1) is 16.9 Å². The van der Waals surface area contributed by atoms with Crippen LogP contribution in [0.1, 0.15) is 13.3 Å². The molecule has 0 aliphatic carbocycles. The first-order chi connectivity index (χ1) is 12.6. The van der Waals surface area contributed by atoms with Gasteiger partial charge in [0.1, 0.15) is 9.22 Å². The Hall–Kier alpha value is -2.16. The van der Waals surface area contributed by atoms with Crippen molar-refractivity contribution in [2.75, 3.05) is 10.8 Å². The van der Waals surface area contributed by atoms with Crippen molar-refractivity contribution < 1.29 is 8.42 Å². The SMILES string of the molecule is CCCN(c1cccc2cc(-c3nccs3)[nH]c12)S(=O)(=O)c1cccs1. The normalized spacial score (nSPS) is 11.9. The fourth-order valence-electron chi connectivity index (χ4n) is 2.91. The zero-order chi connectivity index (χ0) is 18.1. The third-order valence-electron chi connectivity index (χ3n) is 4.03. The standard InChI is InChI=1S/C18H17N3O2S3/c1-2-9-21(26(22,23)16-7-4-10-24-16)15-6-3-5-13-12-14(20-17(13)15)18-19-8-11-25-18/h3-8,10-12,20H,2,9H2,1H3. The van der Waals surface area contributed by atoms with Gasteiger partial charge in [0.15, 0.2) is 0 Å². The van der Waals surface area contributed by atoms with Crippen molar-refractivity contribution in [2.24, 2.45) is 0 Å². The van der Waals surface area contributed by atoms with Crippen LogP contribution in [0.2, 0.25) is 0 Å². The number of aromatic amines is 1. The number of sulfonamides is 1. The monoisotopic (exact) mass is 403 g/mol. The van der Waals surface area contributed by atoms with Crippen LogP contribution in [0.4, 0.5) is 5.69 Å². The van der Waals surface area contributed by atoms with E-state index < -0.39 is 10.0 Å². The Labute approximate surface area is 160 Å². The Morgan fingerprint density at radius 3 is 2.73 bits per heavy atom. The lowest BCUT2D eigenvalue weighted by molar-refractivity contribution is 0.592. The van der Waals surface area contributed by atoms with Crippen molar-refractivity contribution in [2.45, 2.75) is 17.6 Å². The number of thiophene rings is 1. The Morgan fingerprint density at radius 1 is 1.15 bits per heavy atom. The number of anilines is 1. The highest BCUT2D eigenvalue weighted by atomic mass is 32.2. The smallest absolute Gasteiger partial charge is 0.273 e. The largest absolute Gasteiger partial charge is 0.351 e. The van der Waals surface area contributed by atoms with Crippen molar-refractivity contribution in [1.82, 2.24) is 9.97 Å². The van der Waals surface area contributed by atoms with E-state index in [1.165, 1.54) is 15.6 Å². The maximum atomic E-state index is 13.2. The van der Waals surface area contributed by atoms with Gasteiger partial charge in [0.2, 0.25) is 0 Å². The molecule has 0 spiro atoms. The van der Waals surface area contributed by atoms with E-state index >= 15 is 0 Å². The summed E-state index contributed by atoms with van der Waals surface area (Å²) in [5, 5.41) is 5.56. The predicted molar refractivity (Wildman–Crippen MR) is 109 cm³/mol. The minimum Gasteiger partial charge on any atom is -0.351 e. The molecule has 0 aliphatic heterocycles. The molecule has 5 nitrogen and oxygen atoms in total. The zero-order valence-corrected chi connectivity index (χ0v) is 16.5. The van der Waals surface area contributed by atoms with Gasteiger partial charge in [-0.05, 0) is 30.0 Å². The number of hydrogen-bond acceptors (Lipinski definition) is 5. The van der Waals surface area contributed by atoms with Gasteiger partial charge in [0, 0.05) is 23.5 Å². The topological polar surface area (TPSA) is 66.1 Å². The Bertz CT molecular complexity index is 1110. The number of H-pyrrole nitrogens is 1. The second-order valence-electron chi connectivity index (χ2n) is 5.77. The van der Waals surface area contributed by atoms with E-state index in [2.05, 4.69) is 9.97 Å². The van der Waals surface area contributed by atoms with Gasteiger partial charge < -0.3 is 4.98 Å². The highest BCUT2D eigenvalue weighted by molar-refractivity contribution is 7.94. The molecule has 0 saturated carbocycles. The maximum absolute atomic E-state index is 13.2. The number of hydrogen-bond donors (Lipinski definition) is 1. The number of thiazole rings is 1. The number of rotatable bonds is 6. The molecule has 0 bridgehead atoms. The molecule has 0 atom stereocenters. The maximum Gasteiger partial charge on any atom is 0.273 e. The summed E-state index contributed by atoms with van der Waals surface area (Å²) in [6.07, 6.45) is 2.48. The first-order valence-corrected chi connectivity index (χ1v) is 11.4. The van der Waals surface area contributed by atoms with Crippen LogP contribution in [0.3, 0.4) is 0 Å². The summed E-state index contributed by atoms with van der Waals surface area (Å²) in [4.78, 5) is 7.71. The number of benzene rings is 1. The number of fused-ring (bicyclic) bond motifs is 1. The van der Waals surface area contributed by atoms with Crippen LogP contribution >= 0.6 is 22.7 Å². The highest BCUT2D eigenvalue weighted by Gasteiger charge is 2.27. The van der Waals surface area contributed by atoms with E-state index in [-0.39, 0.29) is 0 Å². The second-order valence-corrected chi connectivity index (χ2v) is 9.70. The molecule has 0 unspecified atom stereocenters. The Kier molecular flexibility index (Phi) is 4.56. The molecule has 26 heavy (non-hydrogen) atoms. The van der Waals surface area contributed by atoms with Crippen molar-refractivity contribution >= 4 is 49.3 Å². The molecule has 1 N–H and O–H groups in total. The van der Waals surface area contributed by atoms with E-state index in [4.69, 9.17) is 0 Å². The van der Waals surface area contributed by atoms with E-state index in [1.807, 2.05) is 36.6 Å². The van der Waals surface area contributed by atoms with Crippen LogP contribution in [0, 0.1) is 0 Å². The predicted octanol–water partition coefficient (Wildman–Crippen LogP) is 4.96. The van der Waals surface area contributed by atoms with Crippen LogP contribution in [-0.4, -0.2) is 24.9 Å². The third-order valence-corrected chi connectivity index (χ3v) is 8.02. The minimum absolute atomic E-state index is 0.356. The van der Waals surface area contributed by atoms with Crippen molar-refractivity contribution in [1.29, 1.82) is 0 Å². The minimum atomic E-state index is -3.59. The molecule has 0 saturated heterocycles. The average Bonchev–Trinajstić information content (AvgIpc) is 3.39. The highest BCUT2D eigenvalue weighted by Crippen LogP contribution is 2.34. The fourth-order valence-corrected chi connectivity index (χ4v) is 6.19. The van der Waals surface area contributed by atoms with Crippen LogP contribution < -0.4 is 4.31 Å². The summed E-state index contributed by atoms with van der Waals surface area (Å²) in [7, 11) is -3.59. The number of aromatic nitrogens is 2. The number of nitrogens with zero attached hydrogens (tertiary/aromatic N) is 2. The van der Waals surface area contributed by atoms with Crippen molar-refractivity contribution in [3.8, 4) is 10.7 Å². The van der Waals surface area contributed by atoms with Crippen LogP contribution in [0.25, 0.3) is 21.6 Å². The van der Waals surface area contributed by atoms with Gasteiger partial charge in [-0.15, -0.1) is 22.7 Å². The number of para-hydroxylation sites is 1. The van der Waals surface area contributed by atoms with Crippen molar-refractivity contribution in [3.05, 3.63) is 53.4 Å². The summed E-state index contributed by atoms with van der Waals surface area (Å²) < 4.78 is 28.2. The van der Waals surface area contributed by atoms with Gasteiger partial charge in [-0.1, -0.05) is 25.1 Å². The summed E-state index contributed by atoms with van der Waals surface area (Å²) in [5.41, 5.74) is 2.37. The van der Waals surface area contributed by atoms with E-state index in [1.54, 1.807) is 35.0 Å². The van der Waals surface area contributed by atoms with Gasteiger partial charge in [-0.25, -0.2) is 13.4 Å². The lowest BCUT2D eigenvalue weighted by Crippen LogP contribution is -2.31. The molecule has 3 heterocycles. The van der Waals surface area contributed by atoms with E-state index in [9.17, 15) is 8.42 Å². The fraction of sp³-hybridized carbons (Fsp3) is 0.167. The number of nitrogens with one attached hydrogen (secondary N) is 1. The third kappa shape index (κ3) is 2.94. The molecule has 4 rings (SSSR count). The lowest BCUT2D eigenvalue weighted by atomic mass is 10.2.